The normalized spacial score (nSPS) is 16.6. The summed E-state index contributed by atoms with van der Waals surface area (Å²) in [6.07, 6.45) is 3.98. The van der Waals surface area contributed by atoms with Gasteiger partial charge in [0.2, 0.25) is 0 Å². The van der Waals surface area contributed by atoms with E-state index in [4.69, 9.17) is 4.74 Å². The van der Waals surface area contributed by atoms with Crippen molar-refractivity contribution in [2.45, 2.75) is 36.2 Å². The molecular weight excluding hydrogens is 522 g/mol. The summed E-state index contributed by atoms with van der Waals surface area (Å²) in [5.41, 5.74) is 3.05. The smallest absolute Gasteiger partial charge is 0.283 e. The minimum Gasteiger partial charge on any atom is -0.495 e. The van der Waals surface area contributed by atoms with Crippen LogP contribution in [0, 0.1) is 17.3 Å². The first-order valence-corrected chi connectivity index (χ1v) is 14.6. The number of benzene rings is 2. The molecule has 3 N–H and O–H groups in total. The number of sulfone groups is 1. The quantitative estimate of drug-likeness (QED) is 0.267. The van der Waals surface area contributed by atoms with Gasteiger partial charge in [0, 0.05) is 42.5 Å². The Morgan fingerprint density at radius 2 is 2.00 bits per heavy atom. The van der Waals surface area contributed by atoms with Crippen molar-refractivity contribution in [3.8, 4) is 17.6 Å². The highest BCUT2D eigenvalue weighted by atomic mass is 32.2. The Morgan fingerprint density at radius 1 is 1.23 bits per heavy atom. The highest BCUT2D eigenvalue weighted by molar-refractivity contribution is 7.90. The second-order valence-electron chi connectivity index (χ2n) is 10.5. The van der Waals surface area contributed by atoms with E-state index >= 15 is 0 Å². The van der Waals surface area contributed by atoms with Crippen LogP contribution in [-0.2, 0) is 16.4 Å². The molecule has 10 heteroatoms. The van der Waals surface area contributed by atoms with Crippen LogP contribution in [0.5, 0.6) is 5.75 Å². The second kappa shape index (κ2) is 10.2. The van der Waals surface area contributed by atoms with Gasteiger partial charge in [-0.1, -0.05) is 18.6 Å². The molecule has 2 aromatic carbocycles. The molecule has 0 atom stereocenters. The molecular formula is C29H32F2N4O3S. The molecule has 0 bridgehead atoms. The van der Waals surface area contributed by atoms with E-state index in [1.165, 1.54) is 23.8 Å². The molecule has 0 unspecified atom stereocenters. The zero-order valence-corrected chi connectivity index (χ0v) is 22.8. The number of methoxy groups -OCH3 is 1. The molecule has 1 aliphatic carbocycles. The number of nitrogens with zero attached hydrogens (tertiary/aromatic N) is 1. The molecule has 3 aromatic rings. The number of allylic oxidation sites excluding steroid dienone is 1. The van der Waals surface area contributed by atoms with Crippen LogP contribution in [0.25, 0.3) is 10.9 Å². The molecule has 206 valence electrons. The molecule has 2 fully saturated rings. The predicted molar refractivity (Wildman–Crippen MR) is 151 cm³/mol. The van der Waals surface area contributed by atoms with Gasteiger partial charge in [-0.05, 0) is 60.6 Å². The average Bonchev–Trinajstić information content (AvgIpc) is 3.19. The number of aromatic nitrogens is 1. The van der Waals surface area contributed by atoms with Crippen LogP contribution < -0.4 is 20.7 Å². The number of halogens is 2. The van der Waals surface area contributed by atoms with Gasteiger partial charge >= 0.3 is 0 Å². The van der Waals surface area contributed by atoms with Crippen LogP contribution in [0.3, 0.4) is 0 Å². The Balaban J connectivity index is 1.39. The first-order chi connectivity index (χ1) is 18.5. The molecule has 0 radical (unpaired) electrons. The van der Waals surface area contributed by atoms with Gasteiger partial charge in [-0.25, -0.2) is 17.2 Å². The third-order valence-electron chi connectivity index (χ3n) is 7.52. The minimum atomic E-state index is -3.38. The van der Waals surface area contributed by atoms with E-state index in [1.807, 2.05) is 24.3 Å². The summed E-state index contributed by atoms with van der Waals surface area (Å²) in [6.45, 7) is 5.04. The van der Waals surface area contributed by atoms with Crippen molar-refractivity contribution in [3.05, 3.63) is 60.8 Å². The molecule has 7 nitrogen and oxygen atoms in total. The Hall–Kier alpha value is -3.55. The highest BCUT2D eigenvalue weighted by Crippen LogP contribution is 2.46. The monoisotopic (exact) mass is 554 g/mol. The lowest BCUT2D eigenvalue weighted by Gasteiger charge is -2.54. The maximum atomic E-state index is 14.5. The first kappa shape index (κ1) is 27.0. The third kappa shape index (κ3) is 5.60. The largest absolute Gasteiger partial charge is 0.495 e. The van der Waals surface area contributed by atoms with Crippen LogP contribution in [0.2, 0.25) is 0 Å². The van der Waals surface area contributed by atoms with Gasteiger partial charge in [0.15, 0.2) is 9.84 Å². The molecule has 2 heterocycles. The Kier molecular flexibility index (Phi) is 7.08. The molecule has 5 rings (SSSR count). The van der Waals surface area contributed by atoms with E-state index in [-0.39, 0.29) is 11.4 Å². The van der Waals surface area contributed by atoms with Gasteiger partial charge in [-0.15, -0.1) is 0 Å². The molecule has 1 saturated heterocycles. The molecule has 39 heavy (non-hydrogen) atoms. The Bertz CT molecular complexity index is 1570. The minimum absolute atomic E-state index is 0.148. The molecule has 1 saturated carbocycles. The van der Waals surface area contributed by atoms with E-state index < -0.39 is 22.3 Å². The zero-order valence-electron chi connectivity index (χ0n) is 22.0. The molecule has 2 aliphatic rings. The topological polar surface area (TPSA) is 84.4 Å². The van der Waals surface area contributed by atoms with Crippen molar-refractivity contribution in [2.75, 3.05) is 43.6 Å². The maximum absolute atomic E-state index is 14.5. The average molecular weight is 555 g/mol. The number of nitrogens with one attached hydrogen (secondary N) is 3. The lowest BCUT2D eigenvalue weighted by atomic mass is 9.61. The summed E-state index contributed by atoms with van der Waals surface area (Å²) in [5.74, 6) is 3.31. The van der Waals surface area contributed by atoms with E-state index in [0.29, 0.717) is 40.2 Å². The summed E-state index contributed by atoms with van der Waals surface area (Å²) in [6, 6.07) is 12.4. The summed E-state index contributed by atoms with van der Waals surface area (Å²) in [7, 11) is -1.92. The van der Waals surface area contributed by atoms with Gasteiger partial charge in [0.1, 0.15) is 5.75 Å². The lowest BCUT2D eigenvalue weighted by Crippen LogP contribution is -2.63. The van der Waals surface area contributed by atoms with Crippen LogP contribution in [0.1, 0.15) is 18.5 Å². The van der Waals surface area contributed by atoms with Crippen LogP contribution >= 0.6 is 0 Å². The molecule has 0 amide bonds. The third-order valence-corrected chi connectivity index (χ3v) is 8.63. The SMILES string of the molecule is C=CC(F)(F)Cn1c(C#CCNc2ccc(S(C)(=O)=O)cc2OC)cc2c(NC3CC4(CNC4)C3)cccc21. The fourth-order valence-electron chi connectivity index (χ4n) is 5.36. The van der Waals surface area contributed by atoms with Crippen molar-refractivity contribution in [3.63, 3.8) is 0 Å². The maximum Gasteiger partial charge on any atom is 0.283 e. The number of alkyl halides is 2. The number of fused-ring (bicyclic) bond motifs is 1. The van der Waals surface area contributed by atoms with Crippen molar-refractivity contribution in [2.24, 2.45) is 5.41 Å². The summed E-state index contributed by atoms with van der Waals surface area (Å²) in [4.78, 5) is 0.148. The van der Waals surface area contributed by atoms with Crippen molar-refractivity contribution < 1.29 is 21.9 Å². The number of ether oxygens (including phenoxy) is 1. The van der Waals surface area contributed by atoms with E-state index in [1.54, 1.807) is 6.07 Å². The summed E-state index contributed by atoms with van der Waals surface area (Å²) >= 11 is 0. The van der Waals surface area contributed by atoms with Gasteiger partial charge < -0.3 is 25.3 Å². The number of hydrogen-bond donors (Lipinski definition) is 3. The van der Waals surface area contributed by atoms with Gasteiger partial charge in [0.05, 0.1) is 42.0 Å². The number of anilines is 2. The standard InChI is InChI=1S/C29H32F2N4O3S/c1-4-29(30,31)19-35-21(7-6-12-33-25-11-10-22(39(3,36)37)14-27(25)38-2)13-23-24(8-5-9-26(23)35)34-20-15-28(16-20)17-32-18-28/h4-5,8-11,13-14,20,32-34H,1,12,15-19H2,2-3H3. The molecule has 1 aromatic heterocycles. The van der Waals surface area contributed by atoms with Gasteiger partial charge in [-0.2, -0.15) is 0 Å². The van der Waals surface area contributed by atoms with Crippen LogP contribution in [0.4, 0.5) is 20.2 Å². The van der Waals surface area contributed by atoms with Gasteiger partial charge in [-0.3, -0.25) is 0 Å². The summed E-state index contributed by atoms with van der Waals surface area (Å²) in [5, 5.41) is 10.9. The van der Waals surface area contributed by atoms with E-state index in [2.05, 4.69) is 34.4 Å². The van der Waals surface area contributed by atoms with Crippen molar-refractivity contribution in [1.29, 1.82) is 0 Å². The Labute approximate surface area is 227 Å². The molecule has 1 spiro atoms. The lowest BCUT2D eigenvalue weighted by molar-refractivity contribution is 0.0375. The van der Waals surface area contributed by atoms with Crippen LogP contribution in [0.15, 0.2) is 60.0 Å². The second-order valence-corrected chi connectivity index (χ2v) is 12.5. The van der Waals surface area contributed by atoms with Crippen molar-refractivity contribution >= 4 is 32.1 Å². The fourth-order valence-corrected chi connectivity index (χ4v) is 5.99. The van der Waals surface area contributed by atoms with Gasteiger partial charge in [0.25, 0.3) is 5.92 Å². The number of hydrogen-bond acceptors (Lipinski definition) is 6. The zero-order chi connectivity index (χ0) is 27.8. The fraction of sp³-hybridized carbons (Fsp3) is 0.379. The Morgan fingerprint density at radius 3 is 2.64 bits per heavy atom. The van der Waals surface area contributed by atoms with Crippen LogP contribution in [-0.4, -0.2) is 57.9 Å². The summed E-state index contributed by atoms with van der Waals surface area (Å²) < 4.78 is 59.5. The highest BCUT2D eigenvalue weighted by Gasteiger charge is 2.48. The van der Waals surface area contributed by atoms with E-state index in [0.717, 1.165) is 43.3 Å². The first-order valence-electron chi connectivity index (χ1n) is 12.7. The predicted octanol–water partition coefficient (Wildman–Crippen LogP) is 4.50. The number of rotatable bonds is 9. The molecule has 1 aliphatic heterocycles. The van der Waals surface area contributed by atoms with Crippen molar-refractivity contribution in [1.82, 2.24) is 9.88 Å². The van der Waals surface area contributed by atoms with E-state index in [9.17, 15) is 17.2 Å².